The summed E-state index contributed by atoms with van der Waals surface area (Å²) in [6.07, 6.45) is 7.47. The third-order valence-electron chi connectivity index (χ3n) is 3.19. The molecule has 3 rings (SSSR count). The van der Waals surface area contributed by atoms with Crippen LogP contribution in [-0.4, -0.2) is 24.5 Å². The molecule has 3 heterocycles. The van der Waals surface area contributed by atoms with Crippen LogP contribution < -0.4 is 0 Å². The highest BCUT2D eigenvalue weighted by Crippen LogP contribution is 2.20. The largest absolute Gasteiger partial charge is 0.268 e. The monoisotopic (exact) mass is 291 g/mol. The van der Waals surface area contributed by atoms with Crippen LogP contribution in [0.5, 0.6) is 0 Å². The zero-order valence-corrected chi connectivity index (χ0v) is 12.3. The normalized spacial score (nSPS) is 10.5. The third-order valence-corrected chi connectivity index (χ3v) is 3.19. The Morgan fingerprint density at radius 1 is 0.773 bits per heavy atom. The third kappa shape index (κ3) is 2.88. The van der Waals surface area contributed by atoms with E-state index in [1.165, 1.54) is 0 Å². The fourth-order valence-electron chi connectivity index (χ4n) is 2.18. The average Bonchev–Trinajstić information content (AvgIpc) is 3.18. The van der Waals surface area contributed by atoms with Crippen molar-refractivity contribution in [1.29, 1.82) is 0 Å². The molecule has 3 aromatic rings. The summed E-state index contributed by atoms with van der Waals surface area (Å²) in [5, 5.41) is 8.97. The van der Waals surface area contributed by atoms with E-state index in [4.69, 9.17) is 0 Å². The predicted molar refractivity (Wildman–Crippen MR) is 87.1 cm³/mol. The minimum absolute atomic E-state index is 0.686. The average molecular weight is 291 g/mol. The van der Waals surface area contributed by atoms with Gasteiger partial charge in [0.15, 0.2) is 0 Å². The van der Waals surface area contributed by atoms with E-state index in [9.17, 15) is 0 Å². The predicted octanol–water partition coefficient (Wildman–Crippen LogP) is 3.18. The molecule has 22 heavy (non-hydrogen) atoms. The molecule has 3 aromatic heterocycles. The molecule has 0 atom stereocenters. The van der Waals surface area contributed by atoms with Crippen molar-refractivity contribution in [3.8, 4) is 22.8 Å². The topological polar surface area (TPSA) is 48.5 Å². The molecule has 0 N–H and O–H groups in total. The summed E-state index contributed by atoms with van der Waals surface area (Å²) in [5.41, 5.74) is 3.35. The van der Waals surface area contributed by atoms with E-state index in [1.807, 2.05) is 64.2 Å². The lowest BCUT2D eigenvalue weighted by atomic mass is 10.2. The van der Waals surface area contributed by atoms with Gasteiger partial charge in [0, 0.05) is 12.4 Å². The lowest BCUT2D eigenvalue weighted by molar-refractivity contribution is 0.704. The molecule has 0 aromatic carbocycles. The maximum Gasteiger partial charge on any atom is 0.111 e. The molecule has 0 fully saturated rings. The summed E-state index contributed by atoms with van der Waals surface area (Å²) < 4.78 is 3.66. The Hall–Kier alpha value is -2.95. The Labute approximate surface area is 129 Å². The van der Waals surface area contributed by atoms with Crippen molar-refractivity contribution in [3.05, 3.63) is 68.0 Å². The van der Waals surface area contributed by atoms with Gasteiger partial charge in [-0.05, 0) is 24.3 Å². The molecule has 0 amide bonds. The molecule has 0 saturated heterocycles. The standard InChI is InChI=1S/C17H17N5/c1-3-10-21-12-8-16(19-21)14-6-5-7-15(18-14)17-9-13-22(20-17)11-4-2/h3-9,12-13H,1-2,10-11H2. The van der Waals surface area contributed by atoms with E-state index in [2.05, 4.69) is 28.3 Å². The zero-order chi connectivity index (χ0) is 15.4. The van der Waals surface area contributed by atoms with E-state index < -0.39 is 0 Å². The van der Waals surface area contributed by atoms with E-state index in [-0.39, 0.29) is 0 Å². The van der Waals surface area contributed by atoms with Gasteiger partial charge < -0.3 is 0 Å². The Morgan fingerprint density at radius 3 is 1.73 bits per heavy atom. The molecule has 0 saturated carbocycles. The summed E-state index contributed by atoms with van der Waals surface area (Å²) in [4.78, 5) is 4.66. The Bertz CT molecular complexity index is 733. The van der Waals surface area contributed by atoms with Gasteiger partial charge in [-0.1, -0.05) is 18.2 Å². The van der Waals surface area contributed by atoms with Gasteiger partial charge >= 0.3 is 0 Å². The van der Waals surface area contributed by atoms with Gasteiger partial charge in [0.2, 0.25) is 0 Å². The van der Waals surface area contributed by atoms with Crippen LogP contribution in [0, 0.1) is 0 Å². The van der Waals surface area contributed by atoms with Gasteiger partial charge in [0.05, 0.1) is 24.5 Å². The van der Waals surface area contributed by atoms with Crippen molar-refractivity contribution in [2.45, 2.75) is 13.1 Å². The molecular formula is C17H17N5. The van der Waals surface area contributed by atoms with Crippen molar-refractivity contribution in [1.82, 2.24) is 24.5 Å². The van der Waals surface area contributed by atoms with Crippen molar-refractivity contribution in [2.75, 3.05) is 0 Å². The molecule has 0 spiro atoms. The van der Waals surface area contributed by atoms with E-state index in [1.54, 1.807) is 0 Å². The van der Waals surface area contributed by atoms with Crippen LogP contribution >= 0.6 is 0 Å². The van der Waals surface area contributed by atoms with Crippen LogP contribution in [0.15, 0.2) is 68.0 Å². The van der Waals surface area contributed by atoms with Crippen molar-refractivity contribution in [2.24, 2.45) is 0 Å². The molecule has 5 nitrogen and oxygen atoms in total. The zero-order valence-electron chi connectivity index (χ0n) is 12.3. The summed E-state index contributed by atoms with van der Waals surface area (Å²) in [5.74, 6) is 0. The molecular weight excluding hydrogens is 274 g/mol. The summed E-state index contributed by atoms with van der Waals surface area (Å²) in [6, 6.07) is 9.77. The molecule has 0 bridgehead atoms. The van der Waals surface area contributed by atoms with E-state index in [0.29, 0.717) is 13.1 Å². The first-order valence-electron chi connectivity index (χ1n) is 7.06. The fourth-order valence-corrected chi connectivity index (χ4v) is 2.18. The maximum atomic E-state index is 4.66. The molecule has 110 valence electrons. The second-order valence-corrected chi connectivity index (χ2v) is 4.83. The molecule has 0 aliphatic carbocycles. The number of pyridine rings is 1. The Kier molecular flexibility index (Phi) is 3.96. The molecule has 0 unspecified atom stereocenters. The number of rotatable bonds is 6. The van der Waals surface area contributed by atoms with Gasteiger partial charge in [0.1, 0.15) is 11.4 Å². The van der Waals surface area contributed by atoms with E-state index in [0.717, 1.165) is 22.8 Å². The van der Waals surface area contributed by atoms with Crippen LogP contribution in [-0.2, 0) is 13.1 Å². The summed E-state index contributed by atoms with van der Waals surface area (Å²) >= 11 is 0. The minimum atomic E-state index is 0.686. The Balaban J connectivity index is 1.90. The van der Waals surface area contributed by atoms with Gasteiger partial charge in [-0.2, -0.15) is 10.2 Å². The summed E-state index contributed by atoms with van der Waals surface area (Å²) in [6.45, 7) is 8.80. The van der Waals surface area contributed by atoms with Crippen LogP contribution in [0.25, 0.3) is 22.8 Å². The number of hydrogen-bond donors (Lipinski definition) is 0. The SMILES string of the molecule is C=CCn1ccc(-c2cccc(-c3ccn(CC=C)n3)n2)n1. The van der Waals surface area contributed by atoms with Gasteiger partial charge in [0.25, 0.3) is 0 Å². The smallest absolute Gasteiger partial charge is 0.111 e. The highest BCUT2D eigenvalue weighted by molar-refractivity contribution is 5.61. The lowest BCUT2D eigenvalue weighted by Gasteiger charge is -2.00. The first-order valence-corrected chi connectivity index (χ1v) is 7.06. The first kappa shape index (κ1) is 14.0. The second kappa shape index (κ2) is 6.22. The van der Waals surface area contributed by atoms with Crippen LogP contribution in [0.2, 0.25) is 0 Å². The second-order valence-electron chi connectivity index (χ2n) is 4.83. The lowest BCUT2D eigenvalue weighted by Crippen LogP contribution is -1.97. The van der Waals surface area contributed by atoms with E-state index >= 15 is 0 Å². The summed E-state index contributed by atoms with van der Waals surface area (Å²) in [7, 11) is 0. The number of allylic oxidation sites excluding steroid dienone is 2. The van der Waals surface area contributed by atoms with Gasteiger partial charge in [-0.25, -0.2) is 4.98 Å². The molecule has 0 radical (unpaired) electrons. The van der Waals surface area contributed by atoms with Crippen LogP contribution in [0.4, 0.5) is 0 Å². The van der Waals surface area contributed by atoms with Gasteiger partial charge in [-0.3, -0.25) is 9.36 Å². The fraction of sp³-hybridized carbons (Fsp3) is 0.118. The van der Waals surface area contributed by atoms with Crippen molar-refractivity contribution < 1.29 is 0 Å². The molecule has 0 aliphatic rings. The maximum absolute atomic E-state index is 4.66. The quantitative estimate of drug-likeness (QED) is 0.655. The number of aromatic nitrogens is 5. The minimum Gasteiger partial charge on any atom is -0.268 e. The van der Waals surface area contributed by atoms with Crippen molar-refractivity contribution in [3.63, 3.8) is 0 Å². The highest BCUT2D eigenvalue weighted by atomic mass is 15.3. The van der Waals surface area contributed by atoms with Gasteiger partial charge in [-0.15, -0.1) is 13.2 Å². The van der Waals surface area contributed by atoms with Crippen LogP contribution in [0.1, 0.15) is 0 Å². The van der Waals surface area contributed by atoms with Crippen LogP contribution in [0.3, 0.4) is 0 Å². The highest BCUT2D eigenvalue weighted by Gasteiger charge is 2.08. The number of hydrogen-bond acceptors (Lipinski definition) is 3. The molecule has 0 aliphatic heterocycles. The van der Waals surface area contributed by atoms with Crippen molar-refractivity contribution >= 4 is 0 Å². The Morgan fingerprint density at radius 2 is 1.27 bits per heavy atom. The first-order chi connectivity index (χ1) is 10.8. The molecule has 5 heteroatoms. The number of nitrogens with zero attached hydrogens (tertiary/aromatic N) is 5.